The zero-order chi connectivity index (χ0) is 9.52. The number of imidazole rings is 1. The highest BCUT2D eigenvalue weighted by Crippen LogP contribution is 2.06. The minimum atomic E-state index is 0.935. The van der Waals surface area contributed by atoms with Crippen LogP contribution in [0, 0.1) is 0 Å². The van der Waals surface area contributed by atoms with Crippen LogP contribution in [-0.2, 0) is 6.54 Å². The molecule has 0 saturated carbocycles. The first-order valence-electron chi connectivity index (χ1n) is 5.13. The van der Waals surface area contributed by atoms with Crippen LogP contribution in [0.25, 0.3) is 0 Å². The molecular weight excluding hydrogens is 162 g/mol. The van der Waals surface area contributed by atoms with E-state index in [1.165, 1.54) is 19.3 Å². The molecule has 0 aliphatic rings. The van der Waals surface area contributed by atoms with Gasteiger partial charge in [0.1, 0.15) is 0 Å². The zero-order valence-electron chi connectivity index (χ0n) is 8.58. The highest BCUT2D eigenvalue weighted by atomic mass is 15.2. The second-order valence-electron chi connectivity index (χ2n) is 3.18. The van der Waals surface area contributed by atoms with Crippen LogP contribution in [0.15, 0.2) is 12.4 Å². The fourth-order valence-electron chi connectivity index (χ4n) is 1.35. The van der Waals surface area contributed by atoms with Gasteiger partial charge >= 0.3 is 0 Å². The van der Waals surface area contributed by atoms with Crippen LogP contribution in [-0.4, -0.2) is 16.1 Å². The van der Waals surface area contributed by atoms with Gasteiger partial charge in [-0.15, -0.1) is 0 Å². The van der Waals surface area contributed by atoms with Crippen LogP contribution in [0.3, 0.4) is 0 Å². The molecule has 1 N–H and O–H groups in total. The Morgan fingerprint density at radius 1 is 1.38 bits per heavy atom. The van der Waals surface area contributed by atoms with Crippen LogP contribution in [0.4, 0.5) is 5.95 Å². The fraction of sp³-hybridized carbons (Fsp3) is 0.700. The average molecular weight is 181 g/mol. The number of nitrogens with one attached hydrogen (secondary N) is 1. The Hall–Kier alpha value is -0.990. The molecule has 0 fully saturated rings. The Kier molecular flexibility index (Phi) is 4.36. The van der Waals surface area contributed by atoms with Gasteiger partial charge in [-0.3, -0.25) is 0 Å². The summed E-state index contributed by atoms with van der Waals surface area (Å²) < 4.78 is 2.18. The van der Waals surface area contributed by atoms with Crippen molar-refractivity contribution in [3.05, 3.63) is 12.4 Å². The number of hydrogen-bond donors (Lipinski definition) is 1. The molecule has 1 rings (SSSR count). The second kappa shape index (κ2) is 5.62. The van der Waals surface area contributed by atoms with Crippen molar-refractivity contribution >= 4 is 5.95 Å². The van der Waals surface area contributed by atoms with Crippen LogP contribution in [0.1, 0.15) is 33.1 Å². The Morgan fingerprint density at radius 2 is 2.23 bits per heavy atom. The first-order valence-corrected chi connectivity index (χ1v) is 5.13. The van der Waals surface area contributed by atoms with Crippen LogP contribution < -0.4 is 5.32 Å². The number of aromatic nitrogens is 2. The molecule has 0 amide bonds. The summed E-state index contributed by atoms with van der Waals surface area (Å²) in [6, 6.07) is 0. The summed E-state index contributed by atoms with van der Waals surface area (Å²) >= 11 is 0. The molecule has 0 saturated heterocycles. The second-order valence-corrected chi connectivity index (χ2v) is 3.18. The highest BCUT2D eigenvalue weighted by molar-refractivity contribution is 5.25. The molecule has 0 atom stereocenters. The first kappa shape index (κ1) is 10.1. The summed E-state index contributed by atoms with van der Waals surface area (Å²) in [5.74, 6) is 0.999. The zero-order valence-corrected chi connectivity index (χ0v) is 8.58. The molecule has 74 valence electrons. The summed E-state index contributed by atoms with van der Waals surface area (Å²) in [7, 11) is 0. The third kappa shape index (κ3) is 3.09. The number of hydrogen-bond acceptors (Lipinski definition) is 2. The SMILES string of the molecule is CCCCCn1ccnc1NCC. The van der Waals surface area contributed by atoms with Crippen LogP contribution >= 0.6 is 0 Å². The van der Waals surface area contributed by atoms with Gasteiger partial charge in [-0.25, -0.2) is 4.98 Å². The van der Waals surface area contributed by atoms with Gasteiger partial charge in [-0.2, -0.15) is 0 Å². The van der Waals surface area contributed by atoms with Crippen molar-refractivity contribution in [3.8, 4) is 0 Å². The van der Waals surface area contributed by atoms with Gasteiger partial charge < -0.3 is 9.88 Å². The summed E-state index contributed by atoms with van der Waals surface area (Å²) in [5, 5.41) is 3.23. The molecule has 0 aliphatic heterocycles. The minimum absolute atomic E-state index is 0.935. The molecule has 0 aliphatic carbocycles. The summed E-state index contributed by atoms with van der Waals surface area (Å²) in [4.78, 5) is 4.24. The van der Waals surface area contributed by atoms with Crippen molar-refractivity contribution in [2.75, 3.05) is 11.9 Å². The molecule has 1 aromatic heterocycles. The monoisotopic (exact) mass is 181 g/mol. The molecule has 0 bridgehead atoms. The van der Waals surface area contributed by atoms with Gasteiger partial charge in [0, 0.05) is 25.5 Å². The fourth-order valence-corrected chi connectivity index (χ4v) is 1.35. The van der Waals surface area contributed by atoms with E-state index in [0.717, 1.165) is 19.0 Å². The maximum absolute atomic E-state index is 4.24. The van der Waals surface area contributed by atoms with E-state index in [9.17, 15) is 0 Å². The van der Waals surface area contributed by atoms with Crippen molar-refractivity contribution in [2.24, 2.45) is 0 Å². The van der Waals surface area contributed by atoms with Gasteiger partial charge in [0.05, 0.1) is 0 Å². The van der Waals surface area contributed by atoms with E-state index >= 15 is 0 Å². The summed E-state index contributed by atoms with van der Waals surface area (Å²) in [6.07, 6.45) is 7.69. The Labute approximate surface area is 80.2 Å². The van der Waals surface area contributed by atoms with Crippen LogP contribution in [0.5, 0.6) is 0 Å². The van der Waals surface area contributed by atoms with E-state index in [1.807, 2.05) is 12.4 Å². The molecule has 0 unspecified atom stereocenters. The van der Waals surface area contributed by atoms with Crippen LogP contribution in [0.2, 0.25) is 0 Å². The number of aryl methyl sites for hydroxylation is 1. The Morgan fingerprint density at radius 3 is 2.92 bits per heavy atom. The first-order chi connectivity index (χ1) is 6.38. The lowest BCUT2D eigenvalue weighted by Gasteiger charge is -2.07. The molecule has 1 aromatic rings. The third-order valence-electron chi connectivity index (χ3n) is 2.05. The van der Waals surface area contributed by atoms with Crippen molar-refractivity contribution < 1.29 is 0 Å². The van der Waals surface area contributed by atoms with Crippen molar-refractivity contribution in [1.29, 1.82) is 0 Å². The lowest BCUT2D eigenvalue weighted by atomic mass is 10.2. The topological polar surface area (TPSA) is 29.9 Å². The Balaban J connectivity index is 2.40. The van der Waals surface area contributed by atoms with E-state index in [1.54, 1.807) is 0 Å². The van der Waals surface area contributed by atoms with Crippen molar-refractivity contribution in [3.63, 3.8) is 0 Å². The molecule has 3 nitrogen and oxygen atoms in total. The predicted molar refractivity (Wildman–Crippen MR) is 55.9 cm³/mol. The van der Waals surface area contributed by atoms with E-state index in [4.69, 9.17) is 0 Å². The number of rotatable bonds is 6. The van der Waals surface area contributed by atoms with Gasteiger partial charge in [0.25, 0.3) is 0 Å². The minimum Gasteiger partial charge on any atom is -0.356 e. The van der Waals surface area contributed by atoms with E-state index < -0.39 is 0 Å². The van der Waals surface area contributed by atoms with Crippen molar-refractivity contribution in [2.45, 2.75) is 39.7 Å². The smallest absolute Gasteiger partial charge is 0.202 e. The molecule has 1 heterocycles. The van der Waals surface area contributed by atoms with Crippen molar-refractivity contribution in [1.82, 2.24) is 9.55 Å². The lowest BCUT2D eigenvalue weighted by Crippen LogP contribution is -2.06. The van der Waals surface area contributed by atoms with Gasteiger partial charge in [-0.05, 0) is 13.3 Å². The van der Waals surface area contributed by atoms with Gasteiger partial charge in [-0.1, -0.05) is 19.8 Å². The molecule has 3 heteroatoms. The summed E-state index contributed by atoms with van der Waals surface area (Å²) in [6.45, 7) is 6.32. The normalized spacial score (nSPS) is 10.3. The number of anilines is 1. The lowest BCUT2D eigenvalue weighted by molar-refractivity contribution is 0.605. The highest BCUT2D eigenvalue weighted by Gasteiger charge is 1.98. The molecular formula is C10H19N3. The van der Waals surface area contributed by atoms with E-state index in [-0.39, 0.29) is 0 Å². The Bertz CT molecular complexity index is 230. The largest absolute Gasteiger partial charge is 0.356 e. The third-order valence-corrected chi connectivity index (χ3v) is 2.05. The van der Waals surface area contributed by atoms with Gasteiger partial charge in [0.15, 0.2) is 0 Å². The van der Waals surface area contributed by atoms with E-state index in [0.29, 0.717) is 0 Å². The van der Waals surface area contributed by atoms with E-state index in [2.05, 4.69) is 28.7 Å². The molecule has 0 radical (unpaired) electrons. The molecule has 0 spiro atoms. The predicted octanol–water partition coefficient (Wildman–Crippen LogP) is 2.51. The maximum atomic E-state index is 4.24. The average Bonchev–Trinajstić information content (AvgIpc) is 2.54. The quantitative estimate of drug-likeness (QED) is 0.683. The number of unbranched alkanes of at least 4 members (excludes halogenated alkanes) is 2. The summed E-state index contributed by atoms with van der Waals surface area (Å²) in [5.41, 5.74) is 0. The number of nitrogens with zero attached hydrogens (tertiary/aromatic N) is 2. The molecule has 13 heavy (non-hydrogen) atoms. The molecule has 0 aromatic carbocycles. The maximum Gasteiger partial charge on any atom is 0.202 e. The van der Waals surface area contributed by atoms with Gasteiger partial charge in [0.2, 0.25) is 5.95 Å². The standard InChI is InChI=1S/C10H19N3/c1-3-5-6-8-13-9-7-12-10(13)11-4-2/h7,9H,3-6,8H2,1-2H3,(H,11,12).